The summed E-state index contributed by atoms with van der Waals surface area (Å²) in [7, 11) is 0. The van der Waals surface area contributed by atoms with Gasteiger partial charge in [0.2, 0.25) is 0 Å². The van der Waals surface area contributed by atoms with Gasteiger partial charge in [-0.15, -0.1) is 0 Å². The maximum Gasteiger partial charge on any atom is 0.0238 e. The third-order valence-corrected chi connectivity index (χ3v) is 3.97. The van der Waals surface area contributed by atoms with E-state index in [1.165, 1.54) is 58.2 Å². The van der Waals surface area contributed by atoms with Gasteiger partial charge in [-0.3, -0.25) is 4.90 Å². The Bertz CT molecular complexity index is 193. The Balaban J connectivity index is 1.86. The molecule has 2 heterocycles. The van der Waals surface area contributed by atoms with E-state index in [1.54, 1.807) is 0 Å². The molecule has 88 valence electrons. The van der Waals surface area contributed by atoms with Gasteiger partial charge in [0.1, 0.15) is 0 Å². The maximum absolute atomic E-state index is 3.64. The quantitative estimate of drug-likeness (QED) is 0.715. The molecule has 0 aliphatic carbocycles. The van der Waals surface area contributed by atoms with E-state index in [1.807, 2.05) is 0 Å². The van der Waals surface area contributed by atoms with Gasteiger partial charge in [-0.1, -0.05) is 19.3 Å². The largest absolute Gasteiger partial charge is 0.310 e. The lowest BCUT2D eigenvalue weighted by Gasteiger charge is -2.30. The molecule has 0 bridgehead atoms. The van der Waals surface area contributed by atoms with Crippen molar-refractivity contribution in [2.45, 2.75) is 64.0 Å². The van der Waals surface area contributed by atoms with Gasteiger partial charge in [0.05, 0.1) is 0 Å². The normalized spacial score (nSPS) is 33.6. The van der Waals surface area contributed by atoms with Crippen molar-refractivity contribution in [2.24, 2.45) is 0 Å². The van der Waals surface area contributed by atoms with E-state index in [0.717, 1.165) is 6.04 Å². The van der Waals surface area contributed by atoms with Gasteiger partial charge >= 0.3 is 0 Å². The van der Waals surface area contributed by atoms with Crippen LogP contribution < -0.4 is 5.32 Å². The van der Waals surface area contributed by atoms with Crippen molar-refractivity contribution >= 4 is 0 Å². The average Bonchev–Trinajstić information content (AvgIpc) is 2.45. The molecule has 2 aliphatic rings. The van der Waals surface area contributed by atoms with E-state index in [4.69, 9.17) is 0 Å². The molecular weight excluding hydrogens is 184 g/mol. The van der Waals surface area contributed by atoms with Crippen LogP contribution in [0.4, 0.5) is 0 Å². The first-order valence-corrected chi connectivity index (χ1v) is 6.66. The van der Waals surface area contributed by atoms with Crippen molar-refractivity contribution in [3.8, 4) is 0 Å². The van der Waals surface area contributed by atoms with E-state index in [-0.39, 0.29) is 0 Å². The summed E-state index contributed by atoms with van der Waals surface area (Å²) in [4.78, 5) is 2.74. The molecule has 15 heavy (non-hydrogen) atoms. The Morgan fingerprint density at radius 2 is 1.60 bits per heavy atom. The van der Waals surface area contributed by atoms with E-state index in [0.29, 0.717) is 5.54 Å². The van der Waals surface area contributed by atoms with Gasteiger partial charge in [-0.05, 0) is 46.2 Å². The molecule has 0 amide bonds. The van der Waals surface area contributed by atoms with Gasteiger partial charge in [0.25, 0.3) is 0 Å². The zero-order chi connectivity index (χ0) is 10.7. The molecule has 2 nitrogen and oxygen atoms in total. The standard InChI is InChI=1S/C13H26N2/c1-13(2)10-12(11-14-13)15-8-6-4-3-5-7-9-15/h12,14H,3-11H2,1-2H3. The minimum atomic E-state index is 0.368. The van der Waals surface area contributed by atoms with Crippen LogP contribution in [0.25, 0.3) is 0 Å². The topological polar surface area (TPSA) is 15.3 Å². The minimum absolute atomic E-state index is 0.368. The molecule has 0 aromatic heterocycles. The number of nitrogens with zero attached hydrogens (tertiary/aromatic N) is 1. The number of rotatable bonds is 1. The minimum Gasteiger partial charge on any atom is -0.310 e. The monoisotopic (exact) mass is 210 g/mol. The highest BCUT2D eigenvalue weighted by Crippen LogP contribution is 2.24. The van der Waals surface area contributed by atoms with Crippen LogP contribution in [-0.2, 0) is 0 Å². The Morgan fingerprint density at radius 1 is 1.00 bits per heavy atom. The van der Waals surface area contributed by atoms with Crippen molar-refractivity contribution in [2.75, 3.05) is 19.6 Å². The number of hydrogen-bond donors (Lipinski definition) is 1. The van der Waals surface area contributed by atoms with Crippen LogP contribution in [0.3, 0.4) is 0 Å². The summed E-state index contributed by atoms with van der Waals surface area (Å²) in [6.45, 7) is 8.53. The molecule has 0 saturated carbocycles. The predicted octanol–water partition coefficient (Wildman–Crippen LogP) is 2.39. The highest BCUT2D eigenvalue weighted by molar-refractivity contribution is 4.94. The second-order valence-electron chi connectivity index (χ2n) is 5.93. The van der Waals surface area contributed by atoms with Gasteiger partial charge in [0, 0.05) is 18.1 Å². The van der Waals surface area contributed by atoms with E-state index >= 15 is 0 Å². The molecule has 1 atom stereocenters. The molecule has 0 aromatic rings. The zero-order valence-corrected chi connectivity index (χ0v) is 10.4. The van der Waals surface area contributed by atoms with Gasteiger partial charge < -0.3 is 5.32 Å². The second-order valence-corrected chi connectivity index (χ2v) is 5.93. The summed E-state index contributed by atoms with van der Waals surface area (Å²) < 4.78 is 0. The molecule has 1 N–H and O–H groups in total. The van der Waals surface area contributed by atoms with Gasteiger partial charge in [-0.2, -0.15) is 0 Å². The molecule has 2 heteroatoms. The lowest BCUT2D eigenvalue weighted by atomic mass is 9.99. The summed E-state index contributed by atoms with van der Waals surface area (Å²) >= 11 is 0. The number of nitrogens with one attached hydrogen (secondary N) is 1. The van der Waals surface area contributed by atoms with E-state index in [9.17, 15) is 0 Å². The first-order valence-electron chi connectivity index (χ1n) is 6.66. The van der Waals surface area contributed by atoms with Crippen molar-refractivity contribution in [1.82, 2.24) is 10.2 Å². The summed E-state index contributed by atoms with van der Waals surface area (Å²) in [5.74, 6) is 0. The number of likely N-dealkylation sites (tertiary alicyclic amines) is 1. The third-order valence-electron chi connectivity index (χ3n) is 3.97. The Kier molecular flexibility index (Phi) is 3.68. The van der Waals surface area contributed by atoms with Gasteiger partial charge in [0.15, 0.2) is 0 Å². The van der Waals surface area contributed by atoms with Crippen molar-refractivity contribution < 1.29 is 0 Å². The van der Waals surface area contributed by atoms with Crippen LogP contribution in [0.5, 0.6) is 0 Å². The molecule has 2 rings (SSSR count). The van der Waals surface area contributed by atoms with Crippen LogP contribution in [0, 0.1) is 0 Å². The molecule has 2 saturated heterocycles. The first kappa shape index (κ1) is 11.4. The zero-order valence-electron chi connectivity index (χ0n) is 10.4. The molecule has 0 radical (unpaired) electrons. The van der Waals surface area contributed by atoms with E-state index in [2.05, 4.69) is 24.1 Å². The Morgan fingerprint density at radius 3 is 2.13 bits per heavy atom. The highest BCUT2D eigenvalue weighted by Gasteiger charge is 2.33. The average molecular weight is 210 g/mol. The van der Waals surface area contributed by atoms with Crippen LogP contribution in [0.1, 0.15) is 52.4 Å². The molecule has 2 aliphatic heterocycles. The lowest BCUT2D eigenvalue weighted by Crippen LogP contribution is -2.38. The Labute approximate surface area is 94.4 Å². The number of hydrogen-bond acceptors (Lipinski definition) is 2. The molecule has 0 spiro atoms. The highest BCUT2D eigenvalue weighted by atomic mass is 15.2. The summed E-state index contributed by atoms with van der Waals surface area (Å²) in [5, 5.41) is 3.64. The fourth-order valence-corrected chi connectivity index (χ4v) is 3.02. The lowest BCUT2D eigenvalue weighted by molar-refractivity contribution is 0.184. The van der Waals surface area contributed by atoms with Crippen molar-refractivity contribution in [1.29, 1.82) is 0 Å². The van der Waals surface area contributed by atoms with E-state index < -0.39 is 0 Å². The molecule has 1 unspecified atom stereocenters. The van der Waals surface area contributed by atoms with Crippen molar-refractivity contribution in [3.05, 3.63) is 0 Å². The SMILES string of the molecule is CC1(C)CC(N2CCCCCCC2)CN1. The fourth-order valence-electron chi connectivity index (χ4n) is 3.02. The first-order chi connectivity index (χ1) is 7.17. The molecule has 2 fully saturated rings. The van der Waals surface area contributed by atoms with Crippen molar-refractivity contribution in [3.63, 3.8) is 0 Å². The predicted molar refractivity (Wildman–Crippen MR) is 65.1 cm³/mol. The fraction of sp³-hybridized carbons (Fsp3) is 1.00. The van der Waals surface area contributed by atoms with Crippen LogP contribution >= 0.6 is 0 Å². The van der Waals surface area contributed by atoms with Crippen LogP contribution in [-0.4, -0.2) is 36.1 Å². The molecular formula is C13H26N2. The van der Waals surface area contributed by atoms with Gasteiger partial charge in [-0.25, -0.2) is 0 Å². The summed E-state index contributed by atoms with van der Waals surface area (Å²) in [5.41, 5.74) is 0.368. The van der Waals surface area contributed by atoms with Crippen LogP contribution in [0.2, 0.25) is 0 Å². The second kappa shape index (κ2) is 4.84. The third kappa shape index (κ3) is 3.18. The Hall–Kier alpha value is -0.0800. The smallest absolute Gasteiger partial charge is 0.0238 e. The van der Waals surface area contributed by atoms with Crippen LogP contribution in [0.15, 0.2) is 0 Å². The maximum atomic E-state index is 3.64. The molecule has 0 aromatic carbocycles. The summed E-state index contributed by atoms with van der Waals surface area (Å²) in [6, 6.07) is 0.804. The summed E-state index contributed by atoms with van der Waals surface area (Å²) in [6.07, 6.45) is 8.50.